The molecule has 0 saturated carbocycles. The van der Waals surface area contributed by atoms with Crippen LogP contribution < -0.4 is 14.2 Å². The number of nitriles is 2. The SMILES string of the molecule is COc1cc([C@H]2[C@H](C(=O)c3ccccc3)N3C=Cc4ccccc4C3C2(C#N)C#N)cc(OC)c1OC. The Labute approximate surface area is 215 Å². The number of nitrogens with zero attached hydrogens (tertiary/aromatic N) is 3. The number of carbonyl (C=O) groups excluding carboxylic acids is 1. The summed E-state index contributed by atoms with van der Waals surface area (Å²) in [5.41, 5.74) is 1.22. The van der Waals surface area contributed by atoms with E-state index in [1.807, 2.05) is 47.5 Å². The number of carbonyl (C=O) groups is 1. The van der Waals surface area contributed by atoms with Gasteiger partial charge < -0.3 is 19.1 Å². The van der Waals surface area contributed by atoms with E-state index in [0.29, 0.717) is 28.4 Å². The minimum atomic E-state index is -1.60. The van der Waals surface area contributed by atoms with Crippen LogP contribution >= 0.6 is 0 Å². The second kappa shape index (κ2) is 9.37. The van der Waals surface area contributed by atoms with E-state index >= 15 is 0 Å². The highest BCUT2D eigenvalue weighted by atomic mass is 16.5. The molecule has 184 valence electrons. The first-order valence-electron chi connectivity index (χ1n) is 11.8. The minimum absolute atomic E-state index is 0.180. The number of ketones is 1. The standard InChI is InChI=1S/C30H25N3O4/c1-35-23-15-21(16-24(36-2)28(23)37-3)25-26(27(34)20-10-5-4-6-11-20)33-14-13-19-9-7-8-12-22(19)29(33)30(25,17-31)18-32/h4-16,25-26,29H,1-3H3/t25-,26+,29?/m0/s1. The molecule has 7 nitrogen and oxygen atoms in total. The molecule has 2 aliphatic heterocycles. The normalized spacial score (nSPS) is 20.7. The summed E-state index contributed by atoms with van der Waals surface area (Å²) < 4.78 is 16.7. The summed E-state index contributed by atoms with van der Waals surface area (Å²) in [7, 11) is 4.52. The van der Waals surface area contributed by atoms with Crippen molar-refractivity contribution in [2.45, 2.75) is 18.0 Å². The van der Waals surface area contributed by atoms with E-state index in [1.54, 1.807) is 36.4 Å². The smallest absolute Gasteiger partial charge is 0.203 e. The van der Waals surface area contributed by atoms with Gasteiger partial charge in [0.1, 0.15) is 6.04 Å². The summed E-state index contributed by atoms with van der Waals surface area (Å²) in [4.78, 5) is 16.0. The highest BCUT2D eigenvalue weighted by Crippen LogP contribution is 2.61. The fraction of sp³-hybridized carbons (Fsp3) is 0.233. The lowest BCUT2D eigenvalue weighted by Gasteiger charge is -2.34. The van der Waals surface area contributed by atoms with Gasteiger partial charge in [0.25, 0.3) is 0 Å². The van der Waals surface area contributed by atoms with E-state index in [4.69, 9.17) is 14.2 Å². The van der Waals surface area contributed by atoms with Crippen LogP contribution in [0.4, 0.5) is 0 Å². The Balaban J connectivity index is 1.81. The molecule has 3 aromatic rings. The number of methoxy groups -OCH3 is 3. The Morgan fingerprint density at radius 1 is 0.892 bits per heavy atom. The van der Waals surface area contributed by atoms with Gasteiger partial charge in [-0.05, 0) is 34.9 Å². The van der Waals surface area contributed by atoms with Gasteiger partial charge in [-0.15, -0.1) is 0 Å². The zero-order valence-electron chi connectivity index (χ0n) is 20.7. The van der Waals surface area contributed by atoms with Gasteiger partial charge in [-0.25, -0.2) is 0 Å². The molecule has 1 fully saturated rings. The number of ether oxygens (including phenoxy) is 3. The van der Waals surface area contributed by atoms with Gasteiger partial charge in [-0.1, -0.05) is 54.6 Å². The van der Waals surface area contributed by atoms with Crippen LogP contribution in [0.5, 0.6) is 17.2 Å². The summed E-state index contributed by atoms with van der Waals surface area (Å²) in [5.74, 6) is 0.146. The molecular weight excluding hydrogens is 466 g/mol. The molecule has 1 saturated heterocycles. The van der Waals surface area contributed by atoms with Gasteiger partial charge in [0.05, 0.1) is 39.5 Å². The lowest BCUT2D eigenvalue weighted by Crippen LogP contribution is -2.37. The van der Waals surface area contributed by atoms with Gasteiger partial charge in [0.15, 0.2) is 22.7 Å². The maximum atomic E-state index is 14.2. The lowest BCUT2D eigenvalue weighted by molar-refractivity contribution is 0.0874. The predicted molar refractivity (Wildman–Crippen MR) is 137 cm³/mol. The number of Topliss-reactive ketones (excluding diaryl/α,β-unsaturated/α-hetero) is 1. The van der Waals surface area contributed by atoms with Crippen molar-refractivity contribution >= 4 is 11.9 Å². The summed E-state index contributed by atoms with van der Waals surface area (Å²) >= 11 is 0. The van der Waals surface area contributed by atoms with Crippen molar-refractivity contribution in [3.8, 4) is 29.4 Å². The summed E-state index contributed by atoms with van der Waals surface area (Å²) in [6.07, 6.45) is 3.76. The summed E-state index contributed by atoms with van der Waals surface area (Å²) in [6, 6.07) is 23.3. The van der Waals surface area contributed by atoms with Crippen LogP contribution in [0.3, 0.4) is 0 Å². The van der Waals surface area contributed by atoms with Crippen LogP contribution in [0.2, 0.25) is 0 Å². The van der Waals surface area contributed by atoms with Gasteiger partial charge in [0, 0.05) is 17.7 Å². The van der Waals surface area contributed by atoms with E-state index < -0.39 is 23.4 Å². The monoisotopic (exact) mass is 491 g/mol. The average Bonchev–Trinajstić information content (AvgIpc) is 3.27. The van der Waals surface area contributed by atoms with Gasteiger partial charge >= 0.3 is 0 Å². The second-order valence-corrected chi connectivity index (χ2v) is 9.00. The van der Waals surface area contributed by atoms with E-state index in [1.165, 1.54) is 21.3 Å². The first kappa shape index (κ1) is 24.0. The quantitative estimate of drug-likeness (QED) is 0.442. The third kappa shape index (κ3) is 3.51. The number of hydrogen-bond donors (Lipinski definition) is 0. The molecule has 0 spiro atoms. The molecule has 0 amide bonds. The molecule has 0 N–H and O–H groups in total. The molecule has 7 heteroatoms. The molecule has 1 unspecified atom stereocenters. The number of hydrogen-bond acceptors (Lipinski definition) is 7. The highest BCUT2D eigenvalue weighted by Gasteiger charge is 2.64. The third-order valence-electron chi connectivity index (χ3n) is 7.32. The second-order valence-electron chi connectivity index (χ2n) is 9.00. The lowest BCUT2D eigenvalue weighted by atomic mass is 9.67. The number of benzene rings is 3. The van der Waals surface area contributed by atoms with E-state index in [0.717, 1.165) is 11.1 Å². The molecule has 3 atom stereocenters. The number of fused-ring (bicyclic) bond motifs is 3. The summed E-state index contributed by atoms with van der Waals surface area (Å²) in [6.45, 7) is 0. The maximum absolute atomic E-state index is 14.2. The predicted octanol–water partition coefficient (Wildman–Crippen LogP) is 5.12. The Bertz CT molecular complexity index is 1430. The van der Waals surface area contributed by atoms with E-state index in [9.17, 15) is 15.3 Å². The van der Waals surface area contributed by atoms with Gasteiger partial charge in [-0.2, -0.15) is 10.5 Å². The molecule has 0 aromatic heterocycles. The molecule has 5 rings (SSSR count). The first-order valence-corrected chi connectivity index (χ1v) is 11.8. The average molecular weight is 492 g/mol. The molecule has 2 aliphatic rings. The van der Waals surface area contributed by atoms with Gasteiger partial charge in [-0.3, -0.25) is 4.79 Å². The number of rotatable bonds is 6. The third-order valence-corrected chi connectivity index (χ3v) is 7.32. The van der Waals surface area contributed by atoms with E-state index in [2.05, 4.69) is 12.1 Å². The van der Waals surface area contributed by atoms with Crippen molar-refractivity contribution in [2.75, 3.05) is 21.3 Å². The van der Waals surface area contributed by atoms with Gasteiger partial charge in [0.2, 0.25) is 5.75 Å². The van der Waals surface area contributed by atoms with Crippen molar-refractivity contribution in [1.29, 1.82) is 10.5 Å². The van der Waals surface area contributed by atoms with Crippen LogP contribution in [-0.2, 0) is 0 Å². The molecule has 0 aliphatic carbocycles. The van der Waals surface area contributed by atoms with Crippen LogP contribution in [0.25, 0.3) is 6.08 Å². The fourth-order valence-corrected chi connectivity index (χ4v) is 5.72. The highest BCUT2D eigenvalue weighted by molar-refractivity contribution is 6.01. The molecule has 0 radical (unpaired) electrons. The molecule has 0 bridgehead atoms. The Hall–Kier alpha value is -4.75. The van der Waals surface area contributed by atoms with Crippen molar-refractivity contribution in [1.82, 2.24) is 4.90 Å². The topological polar surface area (TPSA) is 95.6 Å². The molecule has 3 aromatic carbocycles. The first-order chi connectivity index (χ1) is 18.0. The van der Waals surface area contributed by atoms with Crippen LogP contribution in [-0.4, -0.2) is 38.1 Å². The fourth-order valence-electron chi connectivity index (χ4n) is 5.72. The largest absolute Gasteiger partial charge is 0.493 e. The minimum Gasteiger partial charge on any atom is -0.493 e. The van der Waals surface area contributed by atoms with Crippen molar-refractivity contribution in [2.24, 2.45) is 5.41 Å². The van der Waals surface area contributed by atoms with Crippen molar-refractivity contribution < 1.29 is 19.0 Å². The Morgan fingerprint density at radius 3 is 2.11 bits per heavy atom. The zero-order valence-corrected chi connectivity index (χ0v) is 20.7. The molecule has 2 heterocycles. The molecular formula is C30H25N3O4. The van der Waals surface area contributed by atoms with Crippen LogP contribution in [0, 0.1) is 28.1 Å². The maximum Gasteiger partial charge on any atom is 0.203 e. The Morgan fingerprint density at radius 2 is 1.51 bits per heavy atom. The van der Waals surface area contributed by atoms with E-state index in [-0.39, 0.29) is 5.78 Å². The zero-order chi connectivity index (χ0) is 26.2. The Kier molecular flexibility index (Phi) is 6.07. The molecule has 37 heavy (non-hydrogen) atoms. The summed E-state index contributed by atoms with van der Waals surface area (Å²) in [5, 5.41) is 21.4. The van der Waals surface area contributed by atoms with Crippen LogP contribution in [0.1, 0.15) is 39.0 Å². The van der Waals surface area contributed by atoms with Crippen molar-refractivity contribution in [3.63, 3.8) is 0 Å². The van der Waals surface area contributed by atoms with Crippen molar-refractivity contribution in [3.05, 3.63) is 95.2 Å². The van der Waals surface area contributed by atoms with Crippen LogP contribution in [0.15, 0.2) is 72.9 Å².